The maximum absolute atomic E-state index is 14.3. The van der Waals surface area contributed by atoms with Gasteiger partial charge in [0.15, 0.2) is 0 Å². The molecule has 1 atom stereocenters. The number of hydrogen-bond acceptors (Lipinski definition) is 6. The molecule has 10 heteroatoms. The Kier molecular flexibility index (Phi) is 10.6. The SMILES string of the molecule is COc1ccc(OC)c(N(CC(=O)N(Cc2ccccc2C)C(Cc2ccccc2)C(=O)NC(C)(C)C)S(C)(=O)=O)c1. The maximum Gasteiger partial charge on any atom is 0.244 e. The van der Waals surface area contributed by atoms with Crippen molar-refractivity contribution in [2.75, 3.05) is 31.3 Å². The zero-order chi connectivity index (χ0) is 31.1. The number of sulfonamides is 1. The third kappa shape index (κ3) is 8.72. The largest absolute Gasteiger partial charge is 0.497 e. The van der Waals surface area contributed by atoms with Crippen molar-refractivity contribution in [2.45, 2.75) is 52.2 Å². The van der Waals surface area contributed by atoms with Crippen molar-refractivity contribution in [1.82, 2.24) is 10.2 Å². The average Bonchev–Trinajstić information content (AvgIpc) is 2.93. The molecule has 3 aromatic rings. The standard InChI is InChI=1S/C32H41N3O6S/c1-23-13-11-12-16-25(23)21-34(28(31(37)33-32(2,3)4)19-24-14-9-8-10-15-24)30(36)22-35(42(7,38)39)27-20-26(40-5)17-18-29(27)41-6/h8-18,20,28H,19,21-22H2,1-7H3,(H,33,37). The minimum atomic E-state index is -3.97. The van der Waals surface area contributed by atoms with Crippen molar-refractivity contribution in [3.05, 3.63) is 89.5 Å². The Hall–Kier alpha value is -4.05. The Balaban J connectivity index is 2.14. The summed E-state index contributed by atoms with van der Waals surface area (Å²) in [6.45, 7) is 7.11. The van der Waals surface area contributed by atoms with Gasteiger partial charge in [-0.05, 0) is 56.5 Å². The predicted molar refractivity (Wildman–Crippen MR) is 165 cm³/mol. The summed E-state index contributed by atoms with van der Waals surface area (Å²) in [6, 6.07) is 20.8. The van der Waals surface area contributed by atoms with Crippen LogP contribution in [0.4, 0.5) is 5.69 Å². The van der Waals surface area contributed by atoms with Gasteiger partial charge in [0, 0.05) is 24.6 Å². The van der Waals surface area contributed by atoms with E-state index in [4.69, 9.17) is 9.47 Å². The fourth-order valence-electron chi connectivity index (χ4n) is 4.56. The molecule has 1 unspecified atom stereocenters. The maximum atomic E-state index is 14.3. The lowest BCUT2D eigenvalue weighted by atomic mass is 10.00. The third-order valence-electron chi connectivity index (χ3n) is 6.71. The topological polar surface area (TPSA) is 105 Å². The van der Waals surface area contributed by atoms with Gasteiger partial charge in [-0.2, -0.15) is 0 Å². The van der Waals surface area contributed by atoms with Gasteiger partial charge < -0.3 is 19.7 Å². The van der Waals surface area contributed by atoms with Crippen LogP contribution < -0.4 is 19.1 Å². The van der Waals surface area contributed by atoms with Gasteiger partial charge in [-0.1, -0.05) is 54.6 Å². The number of amides is 2. The summed E-state index contributed by atoms with van der Waals surface area (Å²) in [5.41, 5.74) is 2.25. The Bertz CT molecular complexity index is 1490. The van der Waals surface area contributed by atoms with Crippen molar-refractivity contribution in [3.8, 4) is 11.5 Å². The lowest BCUT2D eigenvalue weighted by molar-refractivity contribution is -0.140. The molecule has 0 heterocycles. The molecule has 9 nitrogen and oxygen atoms in total. The van der Waals surface area contributed by atoms with E-state index in [1.165, 1.54) is 25.2 Å². The highest BCUT2D eigenvalue weighted by atomic mass is 32.2. The van der Waals surface area contributed by atoms with Gasteiger partial charge >= 0.3 is 0 Å². The van der Waals surface area contributed by atoms with Crippen LogP contribution in [0.2, 0.25) is 0 Å². The van der Waals surface area contributed by atoms with Gasteiger partial charge in [0.1, 0.15) is 24.1 Å². The number of carbonyl (C=O) groups excluding carboxylic acids is 2. The Morgan fingerprint density at radius 2 is 1.57 bits per heavy atom. The van der Waals surface area contributed by atoms with Crippen LogP contribution in [0.25, 0.3) is 0 Å². The first kappa shape index (κ1) is 32.5. The first-order valence-corrected chi connectivity index (χ1v) is 15.5. The van der Waals surface area contributed by atoms with E-state index >= 15 is 0 Å². The van der Waals surface area contributed by atoms with Crippen molar-refractivity contribution in [3.63, 3.8) is 0 Å². The van der Waals surface area contributed by atoms with Crippen LogP contribution in [0.3, 0.4) is 0 Å². The molecule has 3 rings (SSSR count). The Morgan fingerprint density at radius 3 is 2.14 bits per heavy atom. The number of ether oxygens (including phenoxy) is 2. The van der Waals surface area contributed by atoms with Crippen LogP contribution in [-0.4, -0.2) is 63.7 Å². The normalized spacial score (nSPS) is 12.3. The molecule has 0 bridgehead atoms. The van der Waals surface area contributed by atoms with E-state index in [-0.39, 0.29) is 30.3 Å². The van der Waals surface area contributed by atoms with E-state index in [9.17, 15) is 18.0 Å². The van der Waals surface area contributed by atoms with Crippen LogP contribution in [0.15, 0.2) is 72.8 Å². The molecule has 0 aliphatic rings. The fraction of sp³-hybridized carbons (Fsp3) is 0.375. The Morgan fingerprint density at radius 1 is 0.929 bits per heavy atom. The molecule has 1 N–H and O–H groups in total. The van der Waals surface area contributed by atoms with E-state index < -0.39 is 34.1 Å². The van der Waals surface area contributed by atoms with Crippen molar-refractivity contribution in [1.29, 1.82) is 0 Å². The number of methoxy groups -OCH3 is 2. The van der Waals surface area contributed by atoms with Crippen LogP contribution in [0, 0.1) is 6.92 Å². The number of carbonyl (C=O) groups is 2. The van der Waals surface area contributed by atoms with Gasteiger partial charge in [-0.15, -0.1) is 0 Å². The summed E-state index contributed by atoms with van der Waals surface area (Å²) in [5.74, 6) is -0.224. The first-order valence-electron chi connectivity index (χ1n) is 13.6. The fourth-order valence-corrected chi connectivity index (χ4v) is 5.41. The van der Waals surface area contributed by atoms with Crippen molar-refractivity contribution in [2.24, 2.45) is 0 Å². The molecule has 2 amide bonds. The molecular formula is C32H41N3O6S. The number of rotatable bonds is 12. The second-order valence-electron chi connectivity index (χ2n) is 11.2. The molecule has 0 radical (unpaired) electrons. The molecule has 0 aromatic heterocycles. The second kappa shape index (κ2) is 13.7. The molecule has 0 spiro atoms. The minimum absolute atomic E-state index is 0.105. The molecule has 0 saturated heterocycles. The molecule has 0 aliphatic heterocycles. The number of benzene rings is 3. The van der Waals surface area contributed by atoms with Gasteiger partial charge in [0.25, 0.3) is 0 Å². The summed E-state index contributed by atoms with van der Waals surface area (Å²) in [6.07, 6.45) is 1.26. The van der Waals surface area contributed by atoms with Gasteiger partial charge in [-0.25, -0.2) is 8.42 Å². The summed E-state index contributed by atoms with van der Waals surface area (Å²) < 4.78 is 38.0. The quantitative estimate of drug-likeness (QED) is 0.334. The zero-order valence-corrected chi connectivity index (χ0v) is 26.2. The van der Waals surface area contributed by atoms with E-state index in [2.05, 4.69) is 5.32 Å². The smallest absolute Gasteiger partial charge is 0.244 e. The molecule has 0 saturated carbocycles. The van der Waals surface area contributed by atoms with E-state index in [1.54, 1.807) is 12.1 Å². The van der Waals surface area contributed by atoms with Crippen molar-refractivity contribution >= 4 is 27.5 Å². The van der Waals surface area contributed by atoms with E-state index in [0.717, 1.165) is 27.3 Å². The average molecular weight is 596 g/mol. The van der Waals surface area contributed by atoms with Gasteiger partial charge in [-0.3, -0.25) is 13.9 Å². The second-order valence-corrected chi connectivity index (χ2v) is 13.1. The van der Waals surface area contributed by atoms with Crippen LogP contribution in [0.5, 0.6) is 11.5 Å². The number of nitrogens with zero attached hydrogens (tertiary/aromatic N) is 2. The molecule has 0 aliphatic carbocycles. The summed E-state index contributed by atoms with van der Waals surface area (Å²) in [7, 11) is -1.08. The first-order chi connectivity index (χ1) is 19.7. The van der Waals surface area contributed by atoms with Crippen LogP contribution in [0.1, 0.15) is 37.5 Å². The highest BCUT2D eigenvalue weighted by Crippen LogP contribution is 2.34. The lowest BCUT2D eigenvalue weighted by Crippen LogP contribution is -2.56. The van der Waals surface area contributed by atoms with Crippen molar-refractivity contribution < 1.29 is 27.5 Å². The minimum Gasteiger partial charge on any atom is -0.497 e. The third-order valence-corrected chi connectivity index (χ3v) is 7.83. The van der Waals surface area contributed by atoms with E-state index in [0.29, 0.717) is 5.75 Å². The Labute approximate surface area is 249 Å². The highest BCUT2D eigenvalue weighted by molar-refractivity contribution is 7.92. The zero-order valence-electron chi connectivity index (χ0n) is 25.4. The number of hydrogen-bond donors (Lipinski definition) is 1. The van der Waals surface area contributed by atoms with Gasteiger partial charge in [0.05, 0.1) is 26.2 Å². The monoisotopic (exact) mass is 595 g/mol. The summed E-state index contributed by atoms with van der Waals surface area (Å²) >= 11 is 0. The number of anilines is 1. The van der Waals surface area contributed by atoms with Crippen LogP contribution >= 0.6 is 0 Å². The number of aryl methyl sites for hydroxylation is 1. The lowest BCUT2D eigenvalue weighted by Gasteiger charge is -2.35. The number of nitrogens with one attached hydrogen (secondary N) is 1. The summed E-state index contributed by atoms with van der Waals surface area (Å²) in [5, 5.41) is 3.02. The molecule has 226 valence electrons. The summed E-state index contributed by atoms with van der Waals surface area (Å²) in [4.78, 5) is 29.6. The molecule has 0 fully saturated rings. The highest BCUT2D eigenvalue weighted by Gasteiger charge is 2.35. The van der Waals surface area contributed by atoms with E-state index in [1.807, 2.05) is 82.3 Å². The van der Waals surface area contributed by atoms with Crippen LogP contribution in [-0.2, 0) is 32.6 Å². The molecule has 42 heavy (non-hydrogen) atoms. The molecule has 3 aromatic carbocycles. The predicted octanol–water partition coefficient (Wildman–Crippen LogP) is 4.33. The van der Waals surface area contributed by atoms with Gasteiger partial charge in [0.2, 0.25) is 21.8 Å². The molecular weight excluding hydrogens is 554 g/mol.